The van der Waals surface area contributed by atoms with Gasteiger partial charge in [-0.25, -0.2) is 4.98 Å². The van der Waals surface area contributed by atoms with Crippen molar-refractivity contribution in [3.05, 3.63) is 36.2 Å². The zero-order valence-corrected chi connectivity index (χ0v) is 9.86. The second-order valence-electron chi connectivity index (χ2n) is 4.36. The van der Waals surface area contributed by atoms with Gasteiger partial charge in [0.2, 0.25) is 0 Å². The van der Waals surface area contributed by atoms with E-state index in [2.05, 4.69) is 31.5 Å². The lowest BCUT2D eigenvalue weighted by Gasteiger charge is -2.10. The summed E-state index contributed by atoms with van der Waals surface area (Å²) in [6.45, 7) is 7.79. The highest BCUT2D eigenvalue weighted by molar-refractivity contribution is 5.82. The van der Waals surface area contributed by atoms with Crippen LogP contribution in [0.2, 0.25) is 0 Å². The number of aliphatic hydroxyl groups excluding tert-OH is 1. The van der Waals surface area contributed by atoms with E-state index in [4.69, 9.17) is 0 Å². The van der Waals surface area contributed by atoms with E-state index in [9.17, 15) is 5.11 Å². The molecule has 0 aliphatic rings. The average Bonchev–Trinajstić information content (AvgIpc) is 2.59. The van der Waals surface area contributed by atoms with Crippen LogP contribution < -0.4 is 0 Å². The molecule has 2 aromatic heterocycles. The fraction of sp³-hybridized carbons (Fsp3) is 0.308. The van der Waals surface area contributed by atoms with Crippen molar-refractivity contribution in [3.63, 3.8) is 0 Å². The van der Waals surface area contributed by atoms with Crippen LogP contribution in [0.15, 0.2) is 24.9 Å². The van der Waals surface area contributed by atoms with Crippen LogP contribution in [-0.2, 0) is 7.05 Å². The fourth-order valence-corrected chi connectivity index (χ4v) is 1.88. The van der Waals surface area contributed by atoms with Crippen LogP contribution in [0.4, 0.5) is 0 Å². The quantitative estimate of drug-likeness (QED) is 0.783. The third-order valence-electron chi connectivity index (χ3n) is 2.79. The van der Waals surface area contributed by atoms with Crippen molar-refractivity contribution in [2.45, 2.75) is 19.8 Å². The van der Waals surface area contributed by atoms with Gasteiger partial charge in [0.25, 0.3) is 0 Å². The van der Waals surface area contributed by atoms with Crippen molar-refractivity contribution >= 4 is 16.8 Å². The summed E-state index contributed by atoms with van der Waals surface area (Å²) in [5.41, 5.74) is 2.63. The molecule has 2 heterocycles. The third kappa shape index (κ3) is 1.58. The molecule has 0 bridgehead atoms. The lowest BCUT2D eigenvalue weighted by molar-refractivity contribution is 0.510. The molecular weight excluding hydrogens is 200 g/mol. The summed E-state index contributed by atoms with van der Waals surface area (Å²) >= 11 is 0. The first-order chi connectivity index (χ1) is 7.50. The molecule has 0 atom stereocenters. The highest BCUT2D eigenvalue weighted by Gasteiger charge is 2.12. The number of hydrogen-bond acceptors (Lipinski definition) is 2. The molecule has 1 N–H and O–H groups in total. The Kier molecular flexibility index (Phi) is 2.46. The third-order valence-corrected chi connectivity index (χ3v) is 2.79. The summed E-state index contributed by atoms with van der Waals surface area (Å²) < 4.78 is 1.95. The van der Waals surface area contributed by atoms with Crippen LogP contribution >= 0.6 is 0 Å². The van der Waals surface area contributed by atoms with Crippen molar-refractivity contribution in [1.82, 2.24) is 9.55 Å². The first-order valence-electron chi connectivity index (χ1n) is 5.35. The average molecular weight is 216 g/mol. The number of rotatable bonds is 2. The van der Waals surface area contributed by atoms with E-state index in [0.29, 0.717) is 11.6 Å². The maximum Gasteiger partial charge on any atom is 0.140 e. The standard InChI is InChI=1S/C13H16N2O/c1-8(2)11-7-12(9(3)16)14-13-10(11)5-6-15(13)4/h5-8,16H,3H2,1-2,4H3. The van der Waals surface area contributed by atoms with E-state index in [1.165, 1.54) is 5.56 Å². The summed E-state index contributed by atoms with van der Waals surface area (Å²) in [6.07, 6.45) is 1.98. The van der Waals surface area contributed by atoms with Gasteiger partial charge in [0.1, 0.15) is 17.1 Å². The Balaban J connectivity index is 2.80. The van der Waals surface area contributed by atoms with Gasteiger partial charge in [0.15, 0.2) is 0 Å². The molecule has 0 aromatic carbocycles. The minimum atomic E-state index is 0.0185. The summed E-state index contributed by atoms with van der Waals surface area (Å²) in [5.74, 6) is 0.413. The van der Waals surface area contributed by atoms with Crippen molar-refractivity contribution in [3.8, 4) is 0 Å². The molecule has 3 nitrogen and oxygen atoms in total. The molecule has 0 saturated heterocycles. The number of pyridine rings is 1. The molecule has 2 rings (SSSR count). The number of hydrogen-bond donors (Lipinski definition) is 1. The number of nitrogens with zero attached hydrogens (tertiary/aromatic N) is 2. The lowest BCUT2D eigenvalue weighted by atomic mass is 10.00. The first-order valence-corrected chi connectivity index (χ1v) is 5.35. The van der Waals surface area contributed by atoms with Crippen LogP contribution in [0, 0.1) is 0 Å². The monoisotopic (exact) mass is 216 g/mol. The smallest absolute Gasteiger partial charge is 0.140 e. The van der Waals surface area contributed by atoms with Crippen LogP contribution in [0.1, 0.15) is 31.0 Å². The normalized spacial score (nSPS) is 11.2. The van der Waals surface area contributed by atoms with Gasteiger partial charge in [-0.05, 0) is 23.6 Å². The lowest BCUT2D eigenvalue weighted by Crippen LogP contribution is -1.98. The number of fused-ring (bicyclic) bond motifs is 1. The van der Waals surface area contributed by atoms with E-state index in [1.807, 2.05) is 23.9 Å². The Morgan fingerprint density at radius 2 is 2.19 bits per heavy atom. The molecule has 0 fully saturated rings. The topological polar surface area (TPSA) is 38.0 Å². The van der Waals surface area contributed by atoms with E-state index in [-0.39, 0.29) is 5.76 Å². The second kappa shape index (κ2) is 3.67. The minimum Gasteiger partial charge on any atom is -0.506 e. The summed E-state index contributed by atoms with van der Waals surface area (Å²) in [4.78, 5) is 4.39. The van der Waals surface area contributed by atoms with Gasteiger partial charge in [0.05, 0.1) is 0 Å². The van der Waals surface area contributed by atoms with Crippen LogP contribution in [0.5, 0.6) is 0 Å². The van der Waals surface area contributed by atoms with Gasteiger partial charge in [-0.1, -0.05) is 20.4 Å². The van der Waals surface area contributed by atoms with Gasteiger partial charge in [0, 0.05) is 18.6 Å². The Morgan fingerprint density at radius 1 is 1.50 bits per heavy atom. The van der Waals surface area contributed by atoms with Crippen LogP contribution in [-0.4, -0.2) is 14.7 Å². The first kappa shape index (κ1) is 10.7. The Hall–Kier alpha value is -1.77. The number of aliphatic hydroxyl groups is 1. The summed E-state index contributed by atoms with van der Waals surface area (Å²) in [6, 6.07) is 3.97. The molecule has 0 aliphatic heterocycles. The number of aromatic nitrogens is 2. The SMILES string of the molecule is C=C(O)c1cc(C(C)C)c2ccn(C)c2n1. The number of aryl methyl sites for hydroxylation is 1. The predicted molar refractivity (Wildman–Crippen MR) is 66.5 cm³/mol. The zero-order chi connectivity index (χ0) is 11.9. The minimum absolute atomic E-state index is 0.0185. The molecule has 16 heavy (non-hydrogen) atoms. The fourth-order valence-electron chi connectivity index (χ4n) is 1.88. The molecule has 0 unspecified atom stereocenters. The molecule has 0 spiro atoms. The molecule has 0 amide bonds. The molecule has 2 aromatic rings. The molecular formula is C13H16N2O. The van der Waals surface area contributed by atoms with Gasteiger partial charge in [-0.3, -0.25) is 0 Å². The predicted octanol–water partition coefficient (Wildman–Crippen LogP) is 3.23. The summed E-state index contributed by atoms with van der Waals surface area (Å²) in [7, 11) is 1.95. The maximum atomic E-state index is 9.45. The van der Waals surface area contributed by atoms with Crippen molar-refractivity contribution in [2.24, 2.45) is 7.05 Å². The van der Waals surface area contributed by atoms with E-state index in [0.717, 1.165) is 11.0 Å². The van der Waals surface area contributed by atoms with Gasteiger partial charge >= 0.3 is 0 Å². The largest absolute Gasteiger partial charge is 0.506 e. The Bertz CT molecular complexity index is 552. The summed E-state index contributed by atoms with van der Waals surface area (Å²) in [5, 5.41) is 10.6. The van der Waals surface area contributed by atoms with E-state index in [1.54, 1.807) is 0 Å². The van der Waals surface area contributed by atoms with Crippen LogP contribution in [0.25, 0.3) is 16.8 Å². The van der Waals surface area contributed by atoms with Crippen molar-refractivity contribution in [1.29, 1.82) is 0 Å². The van der Waals surface area contributed by atoms with Gasteiger partial charge in [-0.15, -0.1) is 0 Å². The van der Waals surface area contributed by atoms with Crippen LogP contribution in [0.3, 0.4) is 0 Å². The van der Waals surface area contributed by atoms with E-state index < -0.39 is 0 Å². The molecule has 0 saturated carbocycles. The highest BCUT2D eigenvalue weighted by Crippen LogP contribution is 2.27. The highest BCUT2D eigenvalue weighted by atomic mass is 16.3. The van der Waals surface area contributed by atoms with Gasteiger partial charge in [-0.2, -0.15) is 0 Å². The Labute approximate surface area is 95.0 Å². The van der Waals surface area contributed by atoms with Crippen molar-refractivity contribution in [2.75, 3.05) is 0 Å². The van der Waals surface area contributed by atoms with Crippen molar-refractivity contribution < 1.29 is 5.11 Å². The second-order valence-corrected chi connectivity index (χ2v) is 4.36. The Morgan fingerprint density at radius 3 is 2.75 bits per heavy atom. The van der Waals surface area contributed by atoms with E-state index >= 15 is 0 Å². The maximum absolute atomic E-state index is 9.45. The molecule has 84 valence electrons. The molecule has 0 aliphatic carbocycles. The van der Waals surface area contributed by atoms with Gasteiger partial charge < -0.3 is 9.67 Å². The zero-order valence-electron chi connectivity index (χ0n) is 9.86. The molecule has 0 radical (unpaired) electrons. The molecule has 3 heteroatoms.